The van der Waals surface area contributed by atoms with Crippen molar-refractivity contribution in [2.75, 3.05) is 0 Å². The van der Waals surface area contributed by atoms with Gasteiger partial charge in [0.2, 0.25) is 11.8 Å². The minimum atomic E-state index is -0.659. The van der Waals surface area contributed by atoms with Crippen molar-refractivity contribution < 1.29 is 14.5 Å². The average molecular weight is 369 g/mol. The molecule has 1 fully saturated rings. The largest absolute Gasteiger partial charge is 0.368 e. The molecule has 1 saturated carbocycles. The van der Waals surface area contributed by atoms with E-state index < -0.39 is 16.9 Å². The van der Waals surface area contributed by atoms with Crippen LogP contribution >= 0.6 is 0 Å². The summed E-state index contributed by atoms with van der Waals surface area (Å²) in [5.41, 5.74) is 8.08. The lowest BCUT2D eigenvalue weighted by atomic mass is 10.0. The van der Waals surface area contributed by atoms with E-state index in [-0.39, 0.29) is 17.5 Å². The van der Waals surface area contributed by atoms with Crippen molar-refractivity contribution in [3.05, 3.63) is 57.7 Å². The van der Waals surface area contributed by atoms with Crippen LogP contribution < -0.4 is 5.73 Å². The molecule has 27 heavy (non-hydrogen) atoms. The first-order chi connectivity index (χ1) is 12.9. The highest BCUT2D eigenvalue weighted by Crippen LogP contribution is 2.34. The van der Waals surface area contributed by atoms with Crippen molar-refractivity contribution in [2.24, 2.45) is 11.7 Å². The molecule has 0 saturated heterocycles. The molecule has 1 aromatic heterocycles. The van der Waals surface area contributed by atoms with Gasteiger partial charge in [0.05, 0.1) is 29.2 Å². The van der Waals surface area contributed by atoms with Gasteiger partial charge in [0, 0.05) is 31.0 Å². The number of benzene rings is 1. The molecule has 1 unspecified atom stereocenters. The number of hydrogen-bond acceptors (Lipinski definition) is 5. The number of imidazole rings is 1. The molecular weight excluding hydrogens is 350 g/mol. The Kier molecular flexibility index (Phi) is 4.14. The lowest BCUT2D eigenvalue weighted by Gasteiger charge is -2.34. The van der Waals surface area contributed by atoms with Crippen LogP contribution in [0.5, 0.6) is 0 Å². The minimum Gasteiger partial charge on any atom is -0.368 e. The Morgan fingerprint density at radius 3 is 2.56 bits per heavy atom. The number of rotatable bonds is 5. The number of amides is 2. The molecule has 0 radical (unpaired) electrons. The molecule has 2 amide bonds. The van der Waals surface area contributed by atoms with Crippen molar-refractivity contribution in [1.82, 2.24) is 14.5 Å². The zero-order valence-corrected chi connectivity index (χ0v) is 14.6. The molecule has 1 aliphatic heterocycles. The van der Waals surface area contributed by atoms with Gasteiger partial charge in [-0.15, -0.1) is 0 Å². The molecule has 2 aliphatic rings. The molecule has 2 N–H and O–H groups in total. The number of nitrogens with zero attached hydrogens (tertiary/aromatic N) is 4. The summed E-state index contributed by atoms with van der Waals surface area (Å²) >= 11 is 0. The number of nitro benzene ring substituents is 1. The summed E-state index contributed by atoms with van der Waals surface area (Å²) in [7, 11) is 0. The number of primary amides is 1. The van der Waals surface area contributed by atoms with E-state index in [0.717, 1.165) is 29.8 Å². The fourth-order valence-corrected chi connectivity index (χ4v) is 3.47. The van der Waals surface area contributed by atoms with Gasteiger partial charge in [0.25, 0.3) is 5.69 Å². The van der Waals surface area contributed by atoms with Crippen molar-refractivity contribution in [3.8, 4) is 0 Å². The fourth-order valence-electron chi connectivity index (χ4n) is 3.47. The second kappa shape index (κ2) is 6.49. The fraction of sp³-hybridized carbons (Fsp3) is 0.389. The molecule has 2 aromatic rings. The quantitative estimate of drug-likeness (QED) is 0.621. The third-order valence-electron chi connectivity index (χ3n) is 5.15. The number of fused-ring (bicyclic) bond motifs is 1. The SMILES string of the molecule is NC(=O)C1Cc2ncn(Cc3ccc([N+](=O)[O-])cc3)c2CN1C(=O)C1CC1. The van der Waals surface area contributed by atoms with Crippen LogP contribution in [-0.4, -0.2) is 37.2 Å². The van der Waals surface area contributed by atoms with Crippen LogP contribution in [0.15, 0.2) is 30.6 Å². The van der Waals surface area contributed by atoms with E-state index in [4.69, 9.17) is 5.73 Å². The normalized spacial score (nSPS) is 18.8. The van der Waals surface area contributed by atoms with Gasteiger partial charge in [0.1, 0.15) is 6.04 Å². The van der Waals surface area contributed by atoms with Crippen LogP contribution in [-0.2, 0) is 29.1 Å². The number of nitro groups is 1. The Bertz CT molecular complexity index is 916. The first kappa shape index (κ1) is 17.2. The van der Waals surface area contributed by atoms with Crippen LogP contribution in [0.3, 0.4) is 0 Å². The summed E-state index contributed by atoms with van der Waals surface area (Å²) in [4.78, 5) is 40.8. The second-order valence-electron chi connectivity index (χ2n) is 7.05. The molecule has 140 valence electrons. The molecule has 0 spiro atoms. The third kappa shape index (κ3) is 3.27. The van der Waals surface area contributed by atoms with Crippen molar-refractivity contribution in [2.45, 2.75) is 38.4 Å². The summed E-state index contributed by atoms with van der Waals surface area (Å²) in [6.07, 6.45) is 3.71. The Balaban J connectivity index is 1.58. The average Bonchev–Trinajstić information content (AvgIpc) is 3.43. The van der Waals surface area contributed by atoms with Crippen LogP contribution in [0.2, 0.25) is 0 Å². The van der Waals surface area contributed by atoms with Gasteiger partial charge in [-0.3, -0.25) is 19.7 Å². The standard InChI is InChI=1S/C18H19N5O4/c19-17(24)15-7-14-16(9-22(15)18(25)12-3-4-12)21(10-20-14)8-11-1-5-13(6-2-11)23(26)27/h1-2,5-6,10,12,15H,3-4,7-9H2,(H2,19,24). The lowest BCUT2D eigenvalue weighted by molar-refractivity contribution is -0.384. The van der Waals surface area contributed by atoms with Crippen LogP contribution in [0.25, 0.3) is 0 Å². The van der Waals surface area contributed by atoms with E-state index in [9.17, 15) is 19.7 Å². The predicted molar refractivity (Wildman–Crippen MR) is 94.4 cm³/mol. The summed E-state index contributed by atoms with van der Waals surface area (Å²) in [5, 5.41) is 10.8. The van der Waals surface area contributed by atoms with Crippen molar-refractivity contribution >= 4 is 17.5 Å². The van der Waals surface area contributed by atoms with Gasteiger partial charge in [-0.2, -0.15) is 0 Å². The summed E-state index contributed by atoms with van der Waals surface area (Å²) < 4.78 is 1.92. The van der Waals surface area contributed by atoms with Gasteiger partial charge in [-0.25, -0.2) is 4.98 Å². The highest BCUT2D eigenvalue weighted by Gasteiger charge is 2.41. The van der Waals surface area contributed by atoms with Gasteiger partial charge in [-0.1, -0.05) is 12.1 Å². The number of carbonyl (C=O) groups excluding carboxylic acids is 2. The summed E-state index contributed by atoms with van der Waals surface area (Å²) in [5.74, 6) is -0.536. The molecule has 9 heteroatoms. The first-order valence-electron chi connectivity index (χ1n) is 8.80. The van der Waals surface area contributed by atoms with Crippen molar-refractivity contribution in [1.29, 1.82) is 0 Å². The molecule has 1 aliphatic carbocycles. The number of hydrogen-bond donors (Lipinski definition) is 1. The monoisotopic (exact) mass is 369 g/mol. The predicted octanol–water partition coefficient (Wildman–Crippen LogP) is 0.988. The Hall–Kier alpha value is -3.23. The molecule has 0 bridgehead atoms. The van der Waals surface area contributed by atoms with Gasteiger partial charge < -0.3 is 15.2 Å². The van der Waals surface area contributed by atoms with Crippen LogP contribution in [0.4, 0.5) is 5.69 Å². The maximum absolute atomic E-state index is 12.6. The maximum atomic E-state index is 12.6. The van der Waals surface area contributed by atoms with E-state index in [2.05, 4.69) is 4.98 Å². The Labute approximate surface area is 154 Å². The molecule has 1 aromatic carbocycles. The Morgan fingerprint density at radius 1 is 1.26 bits per heavy atom. The Morgan fingerprint density at radius 2 is 1.96 bits per heavy atom. The van der Waals surface area contributed by atoms with Gasteiger partial charge >= 0.3 is 0 Å². The number of nitrogens with two attached hydrogens (primary N) is 1. The third-order valence-corrected chi connectivity index (χ3v) is 5.15. The maximum Gasteiger partial charge on any atom is 0.269 e. The molecule has 9 nitrogen and oxygen atoms in total. The molecule has 1 atom stereocenters. The molecule has 2 heterocycles. The number of non-ortho nitro benzene ring substituents is 1. The van der Waals surface area contributed by atoms with Crippen LogP contribution in [0.1, 0.15) is 29.8 Å². The summed E-state index contributed by atoms with van der Waals surface area (Å²) in [6.45, 7) is 0.776. The first-order valence-corrected chi connectivity index (χ1v) is 8.80. The topological polar surface area (TPSA) is 124 Å². The van der Waals surface area contributed by atoms with E-state index in [1.807, 2.05) is 4.57 Å². The van der Waals surface area contributed by atoms with E-state index in [1.165, 1.54) is 12.1 Å². The van der Waals surface area contributed by atoms with Gasteiger partial charge in [-0.05, 0) is 18.4 Å². The number of aromatic nitrogens is 2. The van der Waals surface area contributed by atoms with Crippen molar-refractivity contribution in [3.63, 3.8) is 0 Å². The van der Waals surface area contributed by atoms with E-state index in [1.54, 1.807) is 23.4 Å². The minimum absolute atomic E-state index is 0.000515. The highest BCUT2D eigenvalue weighted by atomic mass is 16.6. The second-order valence-corrected chi connectivity index (χ2v) is 7.05. The van der Waals surface area contributed by atoms with E-state index in [0.29, 0.717) is 19.5 Å². The molecule has 4 rings (SSSR count). The number of carbonyl (C=O) groups is 2. The lowest BCUT2D eigenvalue weighted by Crippen LogP contribution is -2.52. The van der Waals surface area contributed by atoms with E-state index >= 15 is 0 Å². The smallest absolute Gasteiger partial charge is 0.269 e. The highest BCUT2D eigenvalue weighted by molar-refractivity contribution is 5.89. The zero-order chi connectivity index (χ0) is 19.1. The zero-order valence-electron chi connectivity index (χ0n) is 14.6. The molecular formula is C18H19N5O4. The van der Waals surface area contributed by atoms with Crippen LogP contribution in [0, 0.1) is 16.0 Å². The summed E-state index contributed by atoms with van der Waals surface area (Å²) in [6, 6.07) is 5.67. The van der Waals surface area contributed by atoms with Gasteiger partial charge in [0.15, 0.2) is 0 Å².